The number of aryl methyl sites for hydroxylation is 3. The summed E-state index contributed by atoms with van der Waals surface area (Å²) in [5, 5.41) is 7.60. The first kappa shape index (κ1) is 29.0. The van der Waals surface area contributed by atoms with E-state index in [2.05, 4.69) is 25.1 Å². The van der Waals surface area contributed by atoms with E-state index in [1.54, 1.807) is 42.5 Å². The number of sulfone groups is 1. The number of aromatic nitrogens is 6. The summed E-state index contributed by atoms with van der Waals surface area (Å²) in [4.78, 5) is 24.5. The molecular weight excluding hydrogens is 532 g/mol. The van der Waals surface area contributed by atoms with Gasteiger partial charge in [-0.3, -0.25) is 14.3 Å². The lowest BCUT2D eigenvalue weighted by atomic mass is 10.1. The Labute approximate surface area is 233 Å². The van der Waals surface area contributed by atoms with E-state index in [-0.39, 0.29) is 24.0 Å². The van der Waals surface area contributed by atoms with Gasteiger partial charge in [-0.05, 0) is 63.4 Å². The number of ketones is 1. The summed E-state index contributed by atoms with van der Waals surface area (Å²) in [7, 11) is -2.41. The van der Waals surface area contributed by atoms with Crippen molar-refractivity contribution in [1.82, 2.24) is 29.7 Å². The number of hydrogen-bond donors (Lipinski definition) is 0. The highest BCUT2D eigenvalue weighted by molar-refractivity contribution is 7.91. The standard InChI is InChI=1S/C28H32N6O5S/c1-17-10-22(14-29-11-17)28-33-32-24(34(28)25-19(3)8-7-9-23(25)38-6)16-40(36,37)21(5)26(39-15-20(4)35)27-30-12-18(2)13-31-27/h7-14,21,26H,15-16H2,1-6H3/t21-,26-/m0/s1. The first-order valence-electron chi connectivity index (χ1n) is 12.6. The molecule has 2 atom stereocenters. The quantitative estimate of drug-likeness (QED) is 0.265. The molecule has 0 N–H and O–H groups in total. The number of pyridine rings is 1. The van der Waals surface area contributed by atoms with Crippen LogP contribution in [0.3, 0.4) is 0 Å². The molecular formula is C28H32N6O5S. The first-order chi connectivity index (χ1) is 19.0. The summed E-state index contributed by atoms with van der Waals surface area (Å²) < 4.78 is 40.9. The fraction of sp³-hybridized carbons (Fsp3) is 0.357. The van der Waals surface area contributed by atoms with Crippen LogP contribution < -0.4 is 4.74 Å². The molecule has 3 heterocycles. The van der Waals surface area contributed by atoms with Crippen LogP contribution in [0, 0.1) is 20.8 Å². The first-order valence-corrected chi connectivity index (χ1v) is 14.3. The maximum Gasteiger partial charge on any atom is 0.170 e. The number of methoxy groups -OCH3 is 1. The topological polar surface area (TPSA) is 139 Å². The molecule has 0 amide bonds. The van der Waals surface area contributed by atoms with Gasteiger partial charge in [-0.25, -0.2) is 18.4 Å². The van der Waals surface area contributed by atoms with Crippen molar-refractivity contribution in [2.24, 2.45) is 0 Å². The summed E-state index contributed by atoms with van der Waals surface area (Å²) in [6.45, 7) is 8.24. The van der Waals surface area contributed by atoms with E-state index < -0.39 is 26.9 Å². The third-order valence-corrected chi connectivity index (χ3v) is 8.39. The summed E-state index contributed by atoms with van der Waals surface area (Å²) in [6.07, 6.45) is 5.46. The number of Topliss-reactive ketones (excluding diaryl/α,β-unsaturated/α-hetero) is 1. The molecule has 0 unspecified atom stereocenters. The van der Waals surface area contributed by atoms with Gasteiger partial charge >= 0.3 is 0 Å². The second-order valence-corrected chi connectivity index (χ2v) is 12.1. The number of benzene rings is 1. The highest BCUT2D eigenvalue weighted by atomic mass is 32.2. The Hall–Kier alpha value is -4.03. The summed E-state index contributed by atoms with van der Waals surface area (Å²) in [6, 6.07) is 7.45. The minimum atomic E-state index is -3.95. The maximum atomic E-state index is 13.9. The molecule has 0 aliphatic carbocycles. The number of carbonyl (C=O) groups is 1. The second-order valence-electron chi connectivity index (χ2n) is 9.72. The molecule has 1 aromatic carbocycles. The van der Waals surface area contributed by atoms with Crippen LogP contribution in [-0.2, 0) is 25.1 Å². The number of para-hydroxylation sites is 1. The monoisotopic (exact) mass is 564 g/mol. The lowest BCUT2D eigenvalue weighted by molar-refractivity contribution is -0.123. The zero-order chi connectivity index (χ0) is 29.0. The molecule has 0 aliphatic rings. The average molecular weight is 565 g/mol. The Morgan fingerprint density at radius 2 is 1.75 bits per heavy atom. The van der Waals surface area contributed by atoms with Crippen molar-refractivity contribution in [2.45, 2.75) is 51.7 Å². The van der Waals surface area contributed by atoms with Crippen molar-refractivity contribution in [3.8, 4) is 22.8 Å². The van der Waals surface area contributed by atoms with Crippen LogP contribution in [0.1, 0.15) is 48.3 Å². The largest absolute Gasteiger partial charge is 0.495 e. The second kappa shape index (κ2) is 12.0. The van der Waals surface area contributed by atoms with Crippen molar-refractivity contribution in [1.29, 1.82) is 0 Å². The van der Waals surface area contributed by atoms with Gasteiger partial charge in [0.1, 0.15) is 24.2 Å². The lowest BCUT2D eigenvalue weighted by Crippen LogP contribution is -2.31. The van der Waals surface area contributed by atoms with Crippen LogP contribution in [0.4, 0.5) is 0 Å². The molecule has 0 saturated heterocycles. The van der Waals surface area contributed by atoms with E-state index >= 15 is 0 Å². The molecule has 11 nitrogen and oxygen atoms in total. The molecule has 0 spiro atoms. The van der Waals surface area contributed by atoms with Gasteiger partial charge in [0.25, 0.3) is 0 Å². The van der Waals surface area contributed by atoms with Gasteiger partial charge in [-0.1, -0.05) is 12.1 Å². The third-order valence-electron chi connectivity index (χ3n) is 6.35. The molecule has 0 bridgehead atoms. The molecule has 12 heteroatoms. The molecule has 210 valence electrons. The van der Waals surface area contributed by atoms with Gasteiger partial charge in [-0.15, -0.1) is 10.2 Å². The Kier molecular flexibility index (Phi) is 8.70. The van der Waals surface area contributed by atoms with E-state index in [9.17, 15) is 13.2 Å². The van der Waals surface area contributed by atoms with E-state index in [0.29, 0.717) is 22.8 Å². The van der Waals surface area contributed by atoms with Crippen molar-refractivity contribution in [3.63, 3.8) is 0 Å². The summed E-state index contributed by atoms with van der Waals surface area (Å²) in [5.41, 5.74) is 3.85. The zero-order valence-electron chi connectivity index (χ0n) is 23.3. The molecule has 40 heavy (non-hydrogen) atoms. The van der Waals surface area contributed by atoms with Gasteiger partial charge in [0.05, 0.1) is 18.0 Å². The number of carbonyl (C=O) groups excluding carboxylic acids is 1. The van der Waals surface area contributed by atoms with Crippen molar-refractivity contribution >= 4 is 15.6 Å². The maximum absolute atomic E-state index is 13.9. The van der Waals surface area contributed by atoms with Gasteiger partial charge in [-0.2, -0.15) is 0 Å². The summed E-state index contributed by atoms with van der Waals surface area (Å²) >= 11 is 0. The Balaban J connectivity index is 1.81. The lowest BCUT2D eigenvalue weighted by Gasteiger charge is -2.23. The van der Waals surface area contributed by atoms with E-state index in [1.807, 2.05) is 39.0 Å². The molecule has 4 aromatic rings. The Bertz CT molecular complexity index is 1620. The van der Waals surface area contributed by atoms with E-state index in [1.165, 1.54) is 13.8 Å². The van der Waals surface area contributed by atoms with E-state index in [0.717, 1.165) is 16.7 Å². The molecule has 0 saturated carbocycles. The van der Waals surface area contributed by atoms with Crippen LogP contribution >= 0.6 is 0 Å². The average Bonchev–Trinajstić information content (AvgIpc) is 3.31. The van der Waals surface area contributed by atoms with Crippen molar-refractivity contribution < 1.29 is 22.7 Å². The fourth-order valence-electron chi connectivity index (χ4n) is 4.27. The van der Waals surface area contributed by atoms with Crippen LogP contribution in [0.2, 0.25) is 0 Å². The van der Waals surface area contributed by atoms with Gasteiger partial charge < -0.3 is 9.47 Å². The molecule has 4 rings (SSSR count). The Morgan fingerprint density at radius 1 is 1.02 bits per heavy atom. The highest BCUT2D eigenvalue weighted by Gasteiger charge is 2.36. The minimum Gasteiger partial charge on any atom is -0.495 e. The fourth-order valence-corrected chi connectivity index (χ4v) is 5.66. The van der Waals surface area contributed by atoms with Crippen LogP contribution in [0.15, 0.2) is 49.1 Å². The van der Waals surface area contributed by atoms with Gasteiger partial charge in [0.15, 0.2) is 33.1 Å². The smallest absolute Gasteiger partial charge is 0.170 e. The van der Waals surface area contributed by atoms with Gasteiger partial charge in [0, 0.05) is 30.4 Å². The SMILES string of the molecule is COc1cccc(C)c1-n1c(CS(=O)(=O)[C@@H](C)[C@H](OCC(C)=O)c2ncc(C)cn2)nnc1-c1cncc(C)c1. The van der Waals surface area contributed by atoms with Crippen molar-refractivity contribution in [2.75, 3.05) is 13.7 Å². The predicted molar refractivity (Wildman–Crippen MR) is 149 cm³/mol. The normalized spacial score (nSPS) is 13.2. The Morgan fingerprint density at radius 3 is 2.40 bits per heavy atom. The number of hydrogen-bond acceptors (Lipinski definition) is 10. The molecule has 3 aromatic heterocycles. The minimum absolute atomic E-state index is 0.177. The zero-order valence-corrected chi connectivity index (χ0v) is 24.1. The summed E-state index contributed by atoms with van der Waals surface area (Å²) in [5.74, 6) is 0.605. The van der Waals surface area contributed by atoms with Crippen LogP contribution in [0.5, 0.6) is 5.75 Å². The van der Waals surface area contributed by atoms with Gasteiger partial charge in [0.2, 0.25) is 0 Å². The van der Waals surface area contributed by atoms with Crippen molar-refractivity contribution in [3.05, 3.63) is 77.4 Å². The van der Waals surface area contributed by atoms with E-state index in [4.69, 9.17) is 9.47 Å². The number of nitrogens with zero attached hydrogens (tertiary/aromatic N) is 6. The van der Waals surface area contributed by atoms with Crippen LogP contribution in [0.25, 0.3) is 17.1 Å². The highest BCUT2D eigenvalue weighted by Crippen LogP contribution is 2.33. The molecule has 0 aliphatic heterocycles. The third kappa shape index (κ3) is 6.23. The van der Waals surface area contributed by atoms with Crippen LogP contribution in [-0.4, -0.2) is 62.9 Å². The molecule has 0 fully saturated rings. The predicted octanol–water partition coefficient (Wildman–Crippen LogP) is 3.70. The number of ether oxygens (including phenoxy) is 2. The molecule has 0 radical (unpaired) electrons. The number of rotatable bonds is 11.